The van der Waals surface area contributed by atoms with Gasteiger partial charge in [-0.15, -0.1) is 0 Å². The van der Waals surface area contributed by atoms with Crippen LogP contribution in [0.25, 0.3) is 11.0 Å². The van der Waals surface area contributed by atoms with E-state index >= 15 is 0 Å². The van der Waals surface area contributed by atoms with Crippen molar-refractivity contribution in [3.8, 4) is 6.07 Å². The van der Waals surface area contributed by atoms with Crippen LogP contribution in [0.15, 0.2) is 29.2 Å². The van der Waals surface area contributed by atoms with Crippen LogP contribution < -0.4 is 10.9 Å². The highest BCUT2D eigenvalue weighted by Gasteiger charge is 2.50. The number of carbonyl (C=O) groups excluding carboxylic acids is 1. The number of alkyl carbamates (subject to hydrolysis) is 1. The lowest BCUT2D eigenvalue weighted by atomic mass is 9.70. The van der Waals surface area contributed by atoms with E-state index in [0.717, 1.165) is 25.7 Å². The van der Waals surface area contributed by atoms with Crippen LogP contribution in [0.3, 0.4) is 0 Å². The molecule has 1 saturated carbocycles. The number of nitrogens with zero attached hydrogens (tertiary/aromatic N) is 3. The van der Waals surface area contributed by atoms with Gasteiger partial charge in [0.2, 0.25) is 0 Å². The van der Waals surface area contributed by atoms with Crippen molar-refractivity contribution >= 4 is 17.1 Å². The predicted octanol–water partition coefficient (Wildman–Crippen LogP) is 3.26. The number of rotatable bonds is 4. The number of amides is 1. The summed E-state index contributed by atoms with van der Waals surface area (Å²) in [4.78, 5) is 29.1. The normalized spacial score (nSPS) is 25.2. The maximum absolute atomic E-state index is 12.5. The highest BCUT2D eigenvalue weighted by Crippen LogP contribution is 2.45. The van der Waals surface area contributed by atoms with Crippen LogP contribution in [-0.4, -0.2) is 39.0 Å². The van der Waals surface area contributed by atoms with Crippen LogP contribution in [-0.2, 0) is 16.0 Å². The first kappa shape index (κ1) is 21.3. The Morgan fingerprint density at radius 3 is 2.68 bits per heavy atom. The number of hydrogen-bond donors (Lipinski definition) is 1. The molecule has 0 unspecified atom stereocenters. The van der Waals surface area contributed by atoms with Gasteiger partial charge in [0, 0.05) is 18.8 Å². The van der Waals surface area contributed by atoms with Gasteiger partial charge in [0.1, 0.15) is 11.7 Å². The van der Waals surface area contributed by atoms with E-state index in [1.807, 2.05) is 20.8 Å². The van der Waals surface area contributed by atoms with E-state index in [1.165, 1.54) is 12.3 Å². The summed E-state index contributed by atoms with van der Waals surface area (Å²) in [5.41, 5.74) is 0.426. The lowest BCUT2D eigenvalue weighted by Gasteiger charge is -2.53. The van der Waals surface area contributed by atoms with Crippen LogP contribution in [0.5, 0.6) is 0 Å². The Labute approximate surface area is 181 Å². The van der Waals surface area contributed by atoms with Gasteiger partial charge < -0.3 is 19.4 Å². The molecule has 1 N–H and O–H groups in total. The minimum Gasteiger partial charge on any atom is -0.444 e. The summed E-state index contributed by atoms with van der Waals surface area (Å²) in [6.45, 7) is 6.46. The molecule has 8 nitrogen and oxygen atoms in total. The van der Waals surface area contributed by atoms with Gasteiger partial charge in [-0.3, -0.25) is 9.78 Å². The van der Waals surface area contributed by atoms with Crippen molar-refractivity contribution in [2.45, 2.75) is 76.2 Å². The lowest BCUT2D eigenvalue weighted by Crippen LogP contribution is -2.63. The number of aromatic nitrogens is 2. The maximum Gasteiger partial charge on any atom is 0.408 e. The van der Waals surface area contributed by atoms with Crippen molar-refractivity contribution in [3.63, 3.8) is 0 Å². The minimum absolute atomic E-state index is 0.117. The largest absolute Gasteiger partial charge is 0.444 e. The molecule has 4 heterocycles. The third kappa shape index (κ3) is 4.42. The smallest absolute Gasteiger partial charge is 0.408 e. The van der Waals surface area contributed by atoms with Crippen molar-refractivity contribution in [2.24, 2.45) is 0 Å². The summed E-state index contributed by atoms with van der Waals surface area (Å²) < 4.78 is 13.4. The first-order valence-corrected chi connectivity index (χ1v) is 10.7. The van der Waals surface area contributed by atoms with Gasteiger partial charge in [0.15, 0.2) is 0 Å². The van der Waals surface area contributed by atoms with E-state index < -0.39 is 11.7 Å². The molecule has 8 heteroatoms. The van der Waals surface area contributed by atoms with Crippen LogP contribution in [0, 0.1) is 11.3 Å². The van der Waals surface area contributed by atoms with Gasteiger partial charge in [0.05, 0.1) is 34.3 Å². The average molecular weight is 425 g/mol. The van der Waals surface area contributed by atoms with E-state index in [0.29, 0.717) is 36.2 Å². The number of ether oxygens (including phenoxy) is 2. The number of aryl methyl sites for hydroxylation is 1. The van der Waals surface area contributed by atoms with Crippen molar-refractivity contribution in [2.75, 3.05) is 6.61 Å². The fourth-order valence-electron chi connectivity index (χ4n) is 4.54. The molecular weight excluding hydrogens is 396 g/mol. The Morgan fingerprint density at radius 1 is 1.32 bits per heavy atom. The second kappa shape index (κ2) is 7.65. The Hall–Kier alpha value is -2.92. The Balaban J connectivity index is 1.45. The molecule has 2 aromatic heterocycles. The predicted molar refractivity (Wildman–Crippen MR) is 115 cm³/mol. The van der Waals surface area contributed by atoms with Gasteiger partial charge in [0.25, 0.3) is 5.56 Å². The molecular formula is C23H28N4O4. The standard InChI is InChI=1S/C23H28N4O4/c1-21(2,3)31-20(29)26-22-6-8-23(9-7-22,30-15-22)10-11-27-18-12-16(13-24)14-25-17(18)4-5-19(27)28/h4-5,12,14H,6-11,15H2,1-3H3,(H,26,29). The van der Waals surface area contributed by atoms with Crippen molar-refractivity contribution in [1.29, 1.82) is 5.26 Å². The van der Waals surface area contributed by atoms with E-state index in [-0.39, 0.29) is 16.7 Å². The van der Waals surface area contributed by atoms with E-state index in [1.54, 1.807) is 16.7 Å². The summed E-state index contributed by atoms with van der Waals surface area (Å²) >= 11 is 0. The highest BCUT2D eigenvalue weighted by molar-refractivity contribution is 5.75. The van der Waals surface area contributed by atoms with E-state index in [2.05, 4.69) is 16.4 Å². The van der Waals surface area contributed by atoms with E-state index in [4.69, 9.17) is 9.47 Å². The molecule has 2 aliphatic heterocycles. The van der Waals surface area contributed by atoms with Gasteiger partial charge in [-0.05, 0) is 65.0 Å². The van der Waals surface area contributed by atoms with Crippen molar-refractivity contribution in [3.05, 3.63) is 40.3 Å². The summed E-state index contributed by atoms with van der Waals surface area (Å²) in [6.07, 6.45) is 5.04. The zero-order valence-corrected chi connectivity index (χ0v) is 18.2. The quantitative estimate of drug-likeness (QED) is 0.807. The second-order valence-corrected chi connectivity index (χ2v) is 9.69. The van der Waals surface area contributed by atoms with Crippen LogP contribution in [0.2, 0.25) is 0 Å². The molecule has 5 rings (SSSR count). The summed E-state index contributed by atoms with van der Waals surface area (Å²) in [5.74, 6) is 0. The molecule has 0 spiro atoms. The van der Waals surface area contributed by atoms with Crippen molar-refractivity contribution < 1.29 is 14.3 Å². The van der Waals surface area contributed by atoms with Crippen LogP contribution in [0.4, 0.5) is 4.79 Å². The van der Waals surface area contributed by atoms with Crippen LogP contribution >= 0.6 is 0 Å². The van der Waals surface area contributed by atoms with E-state index in [9.17, 15) is 14.9 Å². The zero-order chi connectivity index (χ0) is 22.3. The highest BCUT2D eigenvalue weighted by atomic mass is 16.6. The number of pyridine rings is 2. The molecule has 2 aromatic rings. The molecule has 3 aliphatic rings. The number of fused-ring (bicyclic) bond motifs is 4. The molecule has 2 bridgehead atoms. The first-order chi connectivity index (χ1) is 14.6. The summed E-state index contributed by atoms with van der Waals surface area (Å²) in [5, 5.41) is 12.2. The number of nitriles is 1. The molecule has 2 saturated heterocycles. The molecule has 0 radical (unpaired) electrons. The van der Waals surface area contributed by atoms with Crippen molar-refractivity contribution in [1.82, 2.24) is 14.9 Å². The topological polar surface area (TPSA) is 106 Å². The van der Waals surface area contributed by atoms with Gasteiger partial charge in [-0.2, -0.15) is 5.26 Å². The first-order valence-electron chi connectivity index (χ1n) is 10.7. The minimum atomic E-state index is -0.541. The maximum atomic E-state index is 12.5. The number of nitrogens with one attached hydrogen (secondary N) is 1. The number of carbonyl (C=O) groups is 1. The summed E-state index contributed by atoms with van der Waals surface area (Å²) in [6, 6.07) is 6.98. The Morgan fingerprint density at radius 2 is 2.06 bits per heavy atom. The molecule has 3 fully saturated rings. The number of hydrogen-bond acceptors (Lipinski definition) is 6. The molecule has 1 aliphatic carbocycles. The third-order valence-electron chi connectivity index (χ3n) is 6.30. The van der Waals surface area contributed by atoms with Gasteiger partial charge >= 0.3 is 6.09 Å². The SMILES string of the molecule is CC(C)(C)OC(=O)NC12CCC(CCn3c(=O)ccc4ncc(C#N)cc43)(CC1)OC2. The second-order valence-electron chi connectivity index (χ2n) is 9.69. The molecule has 164 valence electrons. The molecule has 0 atom stereocenters. The lowest BCUT2D eigenvalue weighted by molar-refractivity contribution is -0.165. The fourth-order valence-corrected chi connectivity index (χ4v) is 4.54. The van der Waals surface area contributed by atoms with Crippen LogP contribution in [0.1, 0.15) is 58.4 Å². The fraction of sp³-hybridized carbons (Fsp3) is 0.565. The third-order valence-corrected chi connectivity index (χ3v) is 6.30. The average Bonchev–Trinajstić information content (AvgIpc) is 2.72. The Bertz CT molecular complexity index is 1080. The molecule has 1 amide bonds. The zero-order valence-electron chi connectivity index (χ0n) is 18.2. The molecule has 0 aromatic carbocycles. The Kier molecular flexibility index (Phi) is 5.26. The monoisotopic (exact) mass is 424 g/mol. The molecule has 31 heavy (non-hydrogen) atoms. The summed E-state index contributed by atoms with van der Waals surface area (Å²) in [7, 11) is 0. The van der Waals surface area contributed by atoms with Gasteiger partial charge in [-0.25, -0.2) is 4.79 Å². The van der Waals surface area contributed by atoms with Gasteiger partial charge in [-0.1, -0.05) is 0 Å².